The van der Waals surface area contributed by atoms with Crippen LogP contribution in [0, 0.1) is 0 Å². The molecule has 1 aromatic carbocycles. The van der Waals surface area contributed by atoms with Gasteiger partial charge >= 0.3 is 0 Å². The summed E-state index contributed by atoms with van der Waals surface area (Å²) in [5.41, 5.74) is 1.33. The van der Waals surface area contributed by atoms with E-state index in [2.05, 4.69) is 65.7 Å². The molecule has 0 saturated heterocycles. The molecule has 0 aliphatic carbocycles. The maximum atomic E-state index is 5.77. The number of nitrogens with one attached hydrogen (secondary N) is 1. The lowest BCUT2D eigenvalue weighted by Crippen LogP contribution is -2.21. The van der Waals surface area contributed by atoms with Crippen LogP contribution < -0.4 is 4.72 Å². The van der Waals surface area contributed by atoms with Crippen molar-refractivity contribution in [3.05, 3.63) is 34.3 Å². The summed E-state index contributed by atoms with van der Waals surface area (Å²) in [5, 5.41) is 0. The first-order valence-electron chi connectivity index (χ1n) is 6.67. The summed E-state index contributed by atoms with van der Waals surface area (Å²) in [6.07, 6.45) is 3.35. The van der Waals surface area contributed by atoms with E-state index in [4.69, 9.17) is 11.6 Å². The Labute approximate surface area is 135 Å². The molecule has 0 amide bonds. The zero-order valence-electron chi connectivity index (χ0n) is 11.9. The Morgan fingerprint density at radius 1 is 1.32 bits per heavy atom. The first-order valence-corrected chi connectivity index (χ1v) is 8.82. The van der Waals surface area contributed by atoms with Gasteiger partial charge in [-0.05, 0) is 51.3 Å². The Hall–Kier alpha value is 0.300. The molecular formula is C15H23BrClNS. The number of rotatable bonds is 7. The Balaban J connectivity index is 2.68. The highest BCUT2D eigenvalue weighted by atomic mass is 79.9. The molecule has 0 aliphatic heterocycles. The van der Waals surface area contributed by atoms with Crippen LogP contribution in [0.4, 0.5) is 0 Å². The van der Waals surface area contributed by atoms with Crippen molar-refractivity contribution in [2.24, 2.45) is 0 Å². The normalized spacial score (nSPS) is 13.5. The van der Waals surface area contributed by atoms with E-state index in [-0.39, 0.29) is 4.75 Å². The van der Waals surface area contributed by atoms with Crippen molar-refractivity contribution < 1.29 is 0 Å². The van der Waals surface area contributed by atoms with Gasteiger partial charge < -0.3 is 0 Å². The zero-order valence-corrected chi connectivity index (χ0v) is 15.0. The monoisotopic (exact) mass is 363 g/mol. The van der Waals surface area contributed by atoms with Gasteiger partial charge in [0.05, 0.1) is 0 Å². The van der Waals surface area contributed by atoms with Crippen LogP contribution in [0.2, 0.25) is 0 Å². The van der Waals surface area contributed by atoms with Crippen molar-refractivity contribution in [3.63, 3.8) is 0 Å². The van der Waals surface area contributed by atoms with Crippen LogP contribution in [0.5, 0.6) is 0 Å². The van der Waals surface area contributed by atoms with E-state index in [0.29, 0.717) is 6.04 Å². The van der Waals surface area contributed by atoms with Gasteiger partial charge in [0, 0.05) is 21.1 Å². The lowest BCUT2D eigenvalue weighted by molar-refractivity contribution is 0.571. The summed E-state index contributed by atoms with van der Waals surface area (Å²) in [6.45, 7) is 6.67. The standard InChI is InChI=1S/C15H23BrClNS/c1-15(2,3)19-18-14(9-4-5-10-17)12-7-6-8-13(16)11-12/h6-8,11,14,18H,4-5,9-10H2,1-3H3. The molecule has 4 heteroatoms. The molecule has 0 heterocycles. The van der Waals surface area contributed by atoms with Crippen LogP contribution in [0.25, 0.3) is 0 Å². The van der Waals surface area contributed by atoms with E-state index in [1.807, 2.05) is 0 Å². The SMILES string of the molecule is CC(C)(C)SNC(CCCCCl)c1cccc(Br)c1. The summed E-state index contributed by atoms with van der Waals surface area (Å²) in [6, 6.07) is 8.92. The van der Waals surface area contributed by atoms with E-state index in [0.717, 1.165) is 29.6 Å². The summed E-state index contributed by atoms with van der Waals surface area (Å²) in [5.74, 6) is 0.748. The largest absolute Gasteiger partial charge is 0.256 e. The molecule has 108 valence electrons. The second-order valence-corrected chi connectivity index (χ2v) is 8.58. The van der Waals surface area contributed by atoms with E-state index in [1.165, 1.54) is 5.56 Å². The molecule has 0 aromatic heterocycles. The second-order valence-electron chi connectivity index (χ2n) is 5.62. The number of hydrogen-bond acceptors (Lipinski definition) is 2. The molecule has 1 nitrogen and oxygen atoms in total. The highest BCUT2D eigenvalue weighted by Crippen LogP contribution is 2.28. The molecule has 0 spiro atoms. The van der Waals surface area contributed by atoms with Crippen molar-refractivity contribution >= 4 is 39.5 Å². The van der Waals surface area contributed by atoms with Gasteiger partial charge in [0.1, 0.15) is 0 Å². The molecular weight excluding hydrogens is 342 g/mol. The van der Waals surface area contributed by atoms with E-state index in [9.17, 15) is 0 Å². The maximum Gasteiger partial charge on any atom is 0.0422 e. The average Bonchev–Trinajstić information content (AvgIpc) is 2.32. The minimum atomic E-state index is 0.219. The fourth-order valence-electron chi connectivity index (χ4n) is 1.71. The van der Waals surface area contributed by atoms with Gasteiger partial charge in [0.25, 0.3) is 0 Å². The van der Waals surface area contributed by atoms with Crippen molar-refractivity contribution in [1.82, 2.24) is 4.72 Å². The van der Waals surface area contributed by atoms with Gasteiger partial charge in [0.15, 0.2) is 0 Å². The lowest BCUT2D eigenvalue weighted by Gasteiger charge is -2.24. The van der Waals surface area contributed by atoms with Gasteiger partial charge in [-0.2, -0.15) is 0 Å². The summed E-state index contributed by atoms with van der Waals surface area (Å²) < 4.78 is 4.97. The van der Waals surface area contributed by atoms with Crippen LogP contribution in [0.1, 0.15) is 51.6 Å². The first kappa shape index (κ1) is 17.4. The minimum Gasteiger partial charge on any atom is -0.256 e. The average molecular weight is 365 g/mol. The highest BCUT2D eigenvalue weighted by molar-refractivity contribution is 9.10. The predicted octanol–water partition coefficient (Wildman–Crippen LogP) is 5.94. The molecule has 19 heavy (non-hydrogen) atoms. The van der Waals surface area contributed by atoms with Gasteiger partial charge in [0.2, 0.25) is 0 Å². The number of benzene rings is 1. The second kappa shape index (κ2) is 8.56. The van der Waals surface area contributed by atoms with Crippen LogP contribution in [-0.2, 0) is 0 Å². The number of alkyl halides is 1. The van der Waals surface area contributed by atoms with Gasteiger partial charge in [-0.1, -0.05) is 46.4 Å². The molecule has 1 rings (SSSR count). The Bertz CT molecular complexity index is 379. The fourth-order valence-corrected chi connectivity index (χ4v) is 3.06. The molecule has 1 aromatic rings. The summed E-state index contributed by atoms with van der Waals surface area (Å²) >= 11 is 11.1. The van der Waals surface area contributed by atoms with E-state index < -0.39 is 0 Å². The molecule has 0 fully saturated rings. The van der Waals surface area contributed by atoms with Crippen molar-refractivity contribution in [2.45, 2.75) is 50.8 Å². The molecule has 0 saturated carbocycles. The molecule has 0 aliphatic rings. The molecule has 1 N–H and O–H groups in total. The summed E-state index contributed by atoms with van der Waals surface area (Å²) in [4.78, 5) is 0. The fraction of sp³-hybridized carbons (Fsp3) is 0.600. The Morgan fingerprint density at radius 3 is 2.63 bits per heavy atom. The van der Waals surface area contributed by atoms with Crippen LogP contribution in [0.15, 0.2) is 28.7 Å². The Kier molecular flexibility index (Phi) is 7.81. The zero-order chi connectivity index (χ0) is 14.3. The van der Waals surface area contributed by atoms with Gasteiger partial charge in [-0.3, -0.25) is 4.72 Å². The van der Waals surface area contributed by atoms with Crippen LogP contribution in [0.3, 0.4) is 0 Å². The highest BCUT2D eigenvalue weighted by Gasteiger charge is 2.16. The van der Waals surface area contributed by atoms with Crippen molar-refractivity contribution in [2.75, 3.05) is 5.88 Å². The quantitative estimate of drug-likeness (QED) is 0.365. The smallest absolute Gasteiger partial charge is 0.0422 e. The van der Waals surface area contributed by atoms with Crippen LogP contribution >= 0.6 is 39.5 Å². The van der Waals surface area contributed by atoms with Gasteiger partial charge in [-0.15, -0.1) is 11.6 Å². The molecule has 0 radical (unpaired) electrons. The number of unbranched alkanes of at least 4 members (excludes halogenated alkanes) is 1. The minimum absolute atomic E-state index is 0.219. The third-order valence-electron chi connectivity index (χ3n) is 2.63. The maximum absolute atomic E-state index is 5.77. The lowest BCUT2D eigenvalue weighted by atomic mass is 10.0. The predicted molar refractivity (Wildman–Crippen MR) is 91.9 cm³/mol. The van der Waals surface area contributed by atoms with Crippen molar-refractivity contribution in [1.29, 1.82) is 0 Å². The summed E-state index contributed by atoms with van der Waals surface area (Å²) in [7, 11) is 0. The van der Waals surface area contributed by atoms with Crippen molar-refractivity contribution in [3.8, 4) is 0 Å². The first-order chi connectivity index (χ1) is 8.92. The van der Waals surface area contributed by atoms with E-state index >= 15 is 0 Å². The van der Waals surface area contributed by atoms with E-state index in [1.54, 1.807) is 11.9 Å². The topological polar surface area (TPSA) is 12.0 Å². The number of hydrogen-bond donors (Lipinski definition) is 1. The molecule has 1 unspecified atom stereocenters. The molecule has 1 atom stereocenters. The third kappa shape index (κ3) is 7.60. The third-order valence-corrected chi connectivity index (χ3v) is 4.41. The van der Waals surface area contributed by atoms with Crippen LogP contribution in [-0.4, -0.2) is 10.6 Å². The Morgan fingerprint density at radius 2 is 2.05 bits per heavy atom. The van der Waals surface area contributed by atoms with Gasteiger partial charge in [-0.25, -0.2) is 0 Å². The number of halogens is 2. The molecule has 0 bridgehead atoms.